The minimum Gasteiger partial charge on any atom is -0.381 e. The van der Waals surface area contributed by atoms with E-state index in [1.54, 1.807) is 0 Å². The van der Waals surface area contributed by atoms with Crippen LogP contribution in [-0.4, -0.2) is 24.3 Å². The second-order valence-corrected chi connectivity index (χ2v) is 11.0. The maximum atomic E-state index is 6.24. The summed E-state index contributed by atoms with van der Waals surface area (Å²) in [6.07, 6.45) is 13.0. The normalized spacial score (nSPS) is 40.9. The second-order valence-electron chi connectivity index (χ2n) is 11.0. The molecule has 2 heteroatoms. The molecule has 2 nitrogen and oxygen atoms in total. The second kappa shape index (κ2) is 7.89. The van der Waals surface area contributed by atoms with Crippen LogP contribution in [0.5, 0.6) is 0 Å². The quantitative estimate of drug-likeness (QED) is 0.677. The van der Waals surface area contributed by atoms with E-state index in [1.165, 1.54) is 57.8 Å². The molecular formula is C23H43NO. The third kappa shape index (κ3) is 5.22. The van der Waals surface area contributed by atoms with Gasteiger partial charge in [-0.3, -0.25) is 0 Å². The van der Waals surface area contributed by atoms with Crippen molar-refractivity contribution in [2.24, 2.45) is 29.6 Å². The van der Waals surface area contributed by atoms with Crippen molar-refractivity contribution >= 4 is 0 Å². The standard InChI is InChI=1S/C23H43NO/c1-17-6-10-19(11-7-17)20-12-8-18(9-13-20)15-25-16-21-14-22(2,3)24-23(21,4)5/h17-21,24H,6-16H2,1-5H3. The topological polar surface area (TPSA) is 21.3 Å². The van der Waals surface area contributed by atoms with Gasteiger partial charge in [-0.25, -0.2) is 0 Å². The van der Waals surface area contributed by atoms with E-state index >= 15 is 0 Å². The molecule has 1 aliphatic heterocycles. The van der Waals surface area contributed by atoms with E-state index in [2.05, 4.69) is 39.9 Å². The first-order chi connectivity index (χ1) is 11.8. The molecule has 3 rings (SSSR count). The third-order valence-electron chi connectivity index (χ3n) is 7.73. The number of hydrogen-bond donors (Lipinski definition) is 1. The van der Waals surface area contributed by atoms with E-state index < -0.39 is 0 Å². The van der Waals surface area contributed by atoms with Crippen molar-refractivity contribution < 1.29 is 4.74 Å². The van der Waals surface area contributed by atoms with Crippen LogP contribution in [0.1, 0.15) is 92.4 Å². The third-order valence-corrected chi connectivity index (χ3v) is 7.73. The Kier molecular flexibility index (Phi) is 6.21. The summed E-state index contributed by atoms with van der Waals surface area (Å²) in [5.74, 6) is 4.53. The molecule has 1 N–H and O–H groups in total. The minimum atomic E-state index is 0.208. The molecule has 2 aliphatic carbocycles. The summed E-state index contributed by atoms with van der Waals surface area (Å²) in [6, 6.07) is 0. The van der Waals surface area contributed by atoms with Gasteiger partial charge >= 0.3 is 0 Å². The van der Waals surface area contributed by atoms with Gasteiger partial charge in [0.1, 0.15) is 0 Å². The fourth-order valence-corrected chi connectivity index (χ4v) is 6.12. The highest BCUT2D eigenvalue weighted by Gasteiger charge is 2.43. The van der Waals surface area contributed by atoms with Gasteiger partial charge < -0.3 is 10.1 Å². The summed E-state index contributed by atoms with van der Waals surface area (Å²) in [5.41, 5.74) is 0.465. The molecule has 1 heterocycles. The van der Waals surface area contributed by atoms with E-state index in [1.807, 2.05) is 0 Å². The Morgan fingerprint density at radius 1 is 0.800 bits per heavy atom. The maximum Gasteiger partial charge on any atom is 0.0512 e. The number of rotatable bonds is 5. The van der Waals surface area contributed by atoms with Gasteiger partial charge in [-0.1, -0.05) is 19.8 Å². The van der Waals surface area contributed by atoms with Gasteiger partial charge in [0.2, 0.25) is 0 Å². The number of hydrogen-bond acceptors (Lipinski definition) is 2. The minimum absolute atomic E-state index is 0.208. The highest BCUT2D eigenvalue weighted by atomic mass is 16.5. The van der Waals surface area contributed by atoms with E-state index in [0.29, 0.717) is 5.92 Å². The Labute approximate surface area is 156 Å². The van der Waals surface area contributed by atoms with E-state index in [-0.39, 0.29) is 11.1 Å². The van der Waals surface area contributed by atoms with Crippen molar-refractivity contribution in [1.82, 2.24) is 5.32 Å². The Morgan fingerprint density at radius 2 is 1.36 bits per heavy atom. The predicted octanol–water partition coefficient (Wildman–Crippen LogP) is 5.80. The SMILES string of the molecule is CC1CCC(C2CCC(COCC3CC(C)(C)NC3(C)C)CC2)CC1. The van der Waals surface area contributed by atoms with Crippen LogP contribution in [0, 0.1) is 29.6 Å². The van der Waals surface area contributed by atoms with Gasteiger partial charge in [-0.15, -0.1) is 0 Å². The molecule has 146 valence electrons. The highest BCUT2D eigenvalue weighted by molar-refractivity contribution is 5.02. The molecule has 3 fully saturated rings. The smallest absolute Gasteiger partial charge is 0.0512 e. The lowest BCUT2D eigenvalue weighted by atomic mass is 9.69. The van der Waals surface area contributed by atoms with Gasteiger partial charge in [-0.05, 0) is 96.3 Å². The molecule has 2 saturated carbocycles. The molecule has 1 atom stereocenters. The number of ether oxygens (including phenoxy) is 1. The van der Waals surface area contributed by atoms with Gasteiger partial charge in [0.25, 0.3) is 0 Å². The summed E-state index contributed by atoms with van der Waals surface area (Å²) in [4.78, 5) is 0. The molecule has 25 heavy (non-hydrogen) atoms. The van der Waals surface area contributed by atoms with E-state index in [0.717, 1.165) is 36.9 Å². The van der Waals surface area contributed by atoms with Crippen LogP contribution in [0.4, 0.5) is 0 Å². The van der Waals surface area contributed by atoms with Crippen LogP contribution >= 0.6 is 0 Å². The molecule has 0 aromatic carbocycles. The summed E-state index contributed by atoms with van der Waals surface area (Å²) >= 11 is 0. The summed E-state index contributed by atoms with van der Waals surface area (Å²) in [5, 5.41) is 3.77. The lowest BCUT2D eigenvalue weighted by Gasteiger charge is -2.37. The highest BCUT2D eigenvalue weighted by Crippen LogP contribution is 2.41. The molecule has 0 amide bonds. The lowest BCUT2D eigenvalue weighted by Crippen LogP contribution is -2.45. The molecule has 0 aromatic heterocycles. The molecular weight excluding hydrogens is 306 g/mol. The zero-order valence-corrected chi connectivity index (χ0v) is 17.6. The van der Waals surface area contributed by atoms with Crippen molar-refractivity contribution in [2.45, 2.75) is 103 Å². The van der Waals surface area contributed by atoms with Crippen LogP contribution in [-0.2, 0) is 4.74 Å². The molecule has 0 radical (unpaired) electrons. The first-order valence-corrected chi connectivity index (χ1v) is 11.1. The maximum absolute atomic E-state index is 6.24. The molecule has 0 aromatic rings. The largest absolute Gasteiger partial charge is 0.381 e. The van der Waals surface area contributed by atoms with Crippen LogP contribution in [0.25, 0.3) is 0 Å². The van der Waals surface area contributed by atoms with Crippen LogP contribution < -0.4 is 5.32 Å². The Morgan fingerprint density at radius 3 is 1.88 bits per heavy atom. The number of nitrogens with one attached hydrogen (secondary N) is 1. The van der Waals surface area contributed by atoms with Gasteiger partial charge in [0, 0.05) is 23.6 Å². The fourth-order valence-electron chi connectivity index (χ4n) is 6.12. The van der Waals surface area contributed by atoms with Gasteiger partial charge in [0.05, 0.1) is 6.61 Å². The van der Waals surface area contributed by atoms with Crippen molar-refractivity contribution in [3.8, 4) is 0 Å². The molecule has 3 aliphatic rings. The van der Waals surface area contributed by atoms with Gasteiger partial charge in [-0.2, -0.15) is 0 Å². The monoisotopic (exact) mass is 349 g/mol. The fraction of sp³-hybridized carbons (Fsp3) is 1.00. The molecule has 1 unspecified atom stereocenters. The van der Waals surface area contributed by atoms with E-state index in [9.17, 15) is 0 Å². The molecule has 1 saturated heterocycles. The van der Waals surface area contributed by atoms with Crippen molar-refractivity contribution in [1.29, 1.82) is 0 Å². The molecule has 0 spiro atoms. The summed E-state index contributed by atoms with van der Waals surface area (Å²) in [7, 11) is 0. The predicted molar refractivity (Wildman–Crippen MR) is 107 cm³/mol. The Bertz CT molecular complexity index is 414. The average Bonchev–Trinajstić information content (AvgIpc) is 2.76. The summed E-state index contributed by atoms with van der Waals surface area (Å²) in [6.45, 7) is 13.7. The Balaban J connectivity index is 1.34. The lowest BCUT2D eigenvalue weighted by molar-refractivity contribution is 0.0365. The van der Waals surface area contributed by atoms with Crippen LogP contribution in [0.3, 0.4) is 0 Å². The zero-order valence-electron chi connectivity index (χ0n) is 17.6. The van der Waals surface area contributed by atoms with Gasteiger partial charge in [0.15, 0.2) is 0 Å². The summed E-state index contributed by atoms with van der Waals surface area (Å²) < 4.78 is 6.24. The van der Waals surface area contributed by atoms with Crippen molar-refractivity contribution in [3.63, 3.8) is 0 Å². The van der Waals surface area contributed by atoms with Crippen molar-refractivity contribution in [3.05, 3.63) is 0 Å². The Hall–Kier alpha value is -0.0800. The average molecular weight is 350 g/mol. The van der Waals surface area contributed by atoms with Crippen LogP contribution in [0.15, 0.2) is 0 Å². The zero-order chi connectivity index (χ0) is 18.1. The first-order valence-electron chi connectivity index (χ1n) is 11.1. The van der Waals surface area contributed by atoms with Crippen molar-refractivity contribution in [2.75, 3.05) is 13.2 Å². The first kappa shape index (κ1) is 19.7. The van der Waals surface area contributed by atoms with Crippen LogP contribution in [0.2, 0.25) is 0 Å². The molecule has 0 bridgehead atoms. The van der Waals surface area contributed by atoms with E-state index in [4.69, 9.17) is 4.74 Å².